The predicted octanol–water partition coefficient (Wildman–Crippen LogP) is 4.14. The topological polar surface area (TPSA) is 67.4 Å². The fourth-order valence-corrected chi connectivity index (χ4v) is 2.45. The first-order chi connectivity index (χ1) is 11.4. The smallest absolute Gasteiger partial charge is 0.337 e. The SMILES string of the molecule is COC(=O)c1ccc(Cl)c(NC(=O)CNc2ccc(Cl)cc2C)c1. The molecule has 0 aliphatic heterocycles. The van der Waals surface area contributed by atoms with E-state index in [0.717, 1.165) is 11.3 Å². The van der Waals surface area contributed by atoms with Gasteiger partial charge in [0.2, 0.25) is 5.91 Å². The van der Waals surface area contributed by atoms with Crippen LogP contribution in [0.3, 0.4) is 0 Å². The summed E-state index contributed by atoms with van der Waals surface area (Å²) in [6.07, 6.45) is 0. The minimum absolute atomic E-state index is 0.0429. The van der Waals surface area contributed by atoms with E-state index in [2.05, 4.69) is 15.4 Å². The lowest BCUT2D eigenvalue weighted by Gasteiger charge is -2.12. The quantitative estimate of drug-likeness (QED) is 0.780. The summed E-state index contributed by atoms with van der Waals surface area (Å²) in [6, 6.07) is 9.87. The number of anilines is 2. The van der Waals surface area contributed by atoms with Crippen LogP contribution in [0.5, 0.6) is 0 Å². The summed E-state index contributed by atoms with van der Waals surface area (Å²) in [5.74, 6) is -0.801. The molecule has 24 heavy (non-hydrogen) atoms. The van der Waals surface area contributed by atoms with E-state index < -0.39 is 5.97 Å². The van der Waals surface area contributed by atoms with Gasteiger partial charge in [-0.25, -0.2) is 4.79 Å². The van der Waals surface area contributed by atoms with Gasteiger partial charge in [-0.15, -0.1) is 0 Å². The van der Waals surface area contributed by atoms with Gasteiger partial charge in [-0.05, 0) is 48.9 Å². The van der Waals surface area contributed by atoms with Gasteiger partial charge in [0.05, 0.1) is 29.9 Å². The summed E-state index contributed by atoms with van der Waals surface area (Å²) >= 11 is 11.9. The van der Waals surface area contributed by atoms with Crippen molar-refractivity contribution in [3.05, 3.63) is 57.6 Å². The number of rotatable bonds is 5. The van der Waals surface area contributed by atoms with Gasteiger partial charge in [-0.2, -0.15) is 0 Å². The summed E-state index contributed by atoms with van der Waals surface area (Å²) in [5.41, 5.74) is 2.39. The minimum atomic E-state index is -0.503. The molecular weight excluding hydrogens is 351 g/mol. The van der Waals surface area contributed by atoms with Crippen molar-refractivity contribution < 1.29 is 14.3 Å². The summed E-state index contributed by atoms with van der Waals surface area (Å²) in [5, 5.41) is 6.65. The maximum Gasteiger partial charge on any atom is 0.337 e. The first kappa shape index (κ1) is 18.1. The first-order valence-electron chi connectivity index (χ1n) is 7.08. The van der Waals surface area contributed by atoms with Crippen LogP contribution < -0.4 is 10.6 Å². The number of amides is 1. The van der Waals surface area contributed by atoms with Crippen molar-refractivity contribution in [1.29, 1.82) is 0 Å². The lowest BCUT2D eigenvalue weighted by Crippen LogP contribution is -2.22. The van der Waals surface area contributed by atoms with E-state index in [-0.39, 0.29) is 12.5 Å². The van der Waals surface area contributed by atoms with Crippen molar-refractivity contribution in [3.8, 4) is 0 Å². The van der Waals surface area contributed by atoms with Crippen LogP contribution in [0.25, 0.3) is 0 Å². The Morgan fingerprint density at radius 2 is 1.83 bits per heavy atom. The molecule has 0 bridgehead atoms. The third-order valence-electron chi connectivity index (χ3n) is 3.29. The monoisotopic (exact) mass is 366 g/mol. The van der Waals surface area contributed by atoms with E-state index in [1.54, 1.807) is 18.2 Å². The number of esters is 1. The minimum Gasteiger partial charge on any atom is -0.465 e. The van der Waals surface area contributed by atoms with Crippen molar-refractivity contribution in [1.82, 2.24) is 0 Å². The number of methoxy groups -OCH3 is 1. The van der Waals surface area contributed by atoms with Gasteiger partial charge in [0.15, 0.2) is 0 Å². The van der Waals surface area contributed by atoms with Crippen LogP contribution in [-0.4, -0.2) is 25.5 Å². The zero-order valence-corrected chi connectivity index (χ0v) is 14.7. The zero-order chi connectivity index (χ0) is 17.7. The highest BCUT2D eigenvalue weighted by molar-refractivity contribution is 6.34. The number of halogens is 2. The molecule has 2 aromatic carbocycles. The van der Waals surface area contributed by atoms with Gasteiger partial charge in [0.25, 0.3) is 0 Å². The Balaban J connectivity index is 2.03. The molecule has 2 aromatic rings. The molecule has 0 aromatic heterocycles. The molecule has 0 aliphatic carbocycles. The molecule has 0 fully saturated rings. The number of aryl methyl sites for hydroxylation is 1. The highest BCUT2D eigenvalue weighted by Gasteiger charge is 2.11. The largest absolute Gasteiger partial charge is 0.465 e. The van der Waals surface area contributed by atoms with E-state index in [4.69, 9.17) is 23.2 Å². The Kier molecular flexibility index (Phi) is 6.06. The second-order valence-corrected chi connectivity index (χ2v) is 5.89. The molecule has 0 saturated carbocycles. The summed E-state index contributed by atoms with van der Waals surface area (Å²) in [4.78, 5) is 23.6. The number of hydrogen-bond acceptors (Lipinski definition) is 4. The summed E-state index contributed by atoms with van der Waals surface area (Å²) in [6.45, 7) is 1.93. The van der Waals surface area contributed by atoms with Crippen LogP contribution >= 0.6 is 23.2 Å². The van der Waals surface area contributed by atoms with Crippen molar-refractivity contribution >= 4 is 46.5 Å². The molecule has 0 aliphatic rings. The Bertz CT molecular complexity index is 778. The standard InChI is InChI=1S/C17H16Cl2N2O3/c1-10-7-12(18)4-6-14(10)20-9-16(22)21-15-8-11(17(23)24-2)3-5-13(15)19/h3-8,20H,9H2,1-2H3,(H,21,22). The molecular formula is C17H16Cl2N2O3. The molecule has 7 heteroatoms. The van der Waals surface area contributed by atoms with Gasteiger partial charge in [-0.3, -0.25) is 4.79 Å². The molecule has 0 radical (unpaired) electrons. The summed E-state index contributed by atoms with van der Waals surface area (Å²) < 4.78 is 4.65. The Morgan fingerprint density at radius 3 is 2.50 bits per heavy atom. The summed E-state index contributed by atoms with van der Waals surface area (Å²) in [7, 11) is 1.29. The van der Waals surface area contributed by atoms with E-state index in [0.29, 0.717) is 21.3 Å². The molecule has 0 saturated heterocycles. The molecule has 0 atom stereocenters. The Labute approximate surface area is 149 Å². The number of ether oxygens (including phenoxy) is 1. The van der Waals surface area contributed by atoms with Crippen LogP contribution in [-0.2, 0) is 9.53 Å². The van der Waals surface area contributed by atoms with Gasteiger partial charge < -0.3 is 15.4 Å². The van der Waals surface area contributed by atoms with Crippen LogP contribution in [0.2, 0.25) is 10.0 Å². The van der Waals surface area contributed by atoms with Gasteiger partial charge in [0, 0.05) is 10.7 Å². The molecule has 0 heterocycles. The predicted molar refractivity (Wildman–Crippen MR) is 96.1 cm³/mol. The van der Waals surface area contributed by atoms with Gasteiger partial charge in [0.1, 0.15) is 0 Å². The van der Waals surface area contributed by atoms with Crippen molar-refractivity contribution in [3.63, 3.8) is 0 Å². The van der Waals surface area contributed by atoms with Gasteiger partial charge in [-0.1, -0.05) is 23.2 Å². The van der Waals surface area contributed by atoms with E-state index in [1.807, 2.05) is 6.92 Å². The van der Waals surface area contributed by atoms with E-state index >= 15 is 0 Å². The molecule has 2 rings (SSSR count). The van der Waals surface area contributed by atoms with E-state index in [9.17, 15) is 9.59 Å². The number of hydrogen-bond donors (Lipinski definition) is 2. The fourth-order valence-electron chi connectivity index (χ4n) is 2.06. The molecule has 0 spiro atoms. The van der Waals surface area contributed by atoms with Crippen LogP contribution in [0.15, 0.2) is 36.4 Å². The number of nitrogens with one attached hydrogen (secondary N) is 2. The molecule has 5 nitrogen and oxygen atoms in total. The van der Waals surface area contributed by atoms with E-state index in [1.165, 1.54) is 25.3 Å². The Morgan fingerprint density at radius 1 is 1.08 bits per heavy atom. The van der Waals surface area contributed by atoms with Crippen molar-refractivity contribution in [2.45, 2.75) is 6.92 Å². The third kappa shape index (κ3) is 4.63. The van der Waals surface area contributed by atoms with Crippen molar-refractivity contribution in [2.75, 3.05) is 24.3 Å². The second kappa shape index (κ2) is 8.04. The molecule has 1 amide bonds. The van der Waals surface area contributed by atoms with Crippen LogP contribution in [0, 0.1) is 6.92 Å². The zero-order valence-electron chi connectivity index (χ0n) is 13.2. The lowest BCUT2D eigenvalue weighted by molar-refractivity contribution is -0.114. The second-order valence-electron chi connectivity index (χ2n) is 5.05. The average Bonchev–Trinajstić information content (AvgIpc) is 2.55. The molecule has 2 N–H and O–H groups in total. The maximum atomic E-state index is 12.1. The lowest BCUT2D eigenvalue weighted by atomic mass is 10.2. The highest BCUT2D eigenvalue weighted by atomic mass is 35.5. The van der Waals surface area contributed by atoms with Crippen LogP contribution in [0.4, 0.5) is 11.4 Å². The molecule has 0 unspecified atom stereocenters. The first-order valence-corrected chi connectivity index (χ1v) is 7.84. The average molecular weight is 367 g/mol. The molecule has 126 valence electrons. The number of benzene rings is 2. The third-order valence-corrected chi connectivity index (χ3v) is 3.85. The number of carbonyl (C=O) groups excluding carboxylic acids is 2. The van der Waals surface area contributed by atoms with Crippen molar-refractivity contribution in [2.24, 2.45) is 0 Å². The maximum absolute atomic E-state index is 12.1. The highest BCUT2D eigenvalue weighted by Crippen LogP contribution is 2.24. The van der Waals surface area contributed by atoms with Crippen LogP contribution in [0.1, 0.15) is 15.9 Å². The van der Waals surface area contributed by atoms with Gasteiger partial charge >= 0.3 is 5.97 Å². The number of carbonyl (C=O) groups is 2. The normalized spacial score (nSPS) is 10.2. The fraction of sp³-hybridized carbons (Fsp3) is 0.176. The Hall–Kier alpha value is -2.24.